The molecular weight excluding hydrogens is 486 g/mol. The van der Waals surface area contributed by atoms with E-state index in [1.807, 2.05) is 0 Å². The zero-order valence-electron chi connectivity index (χ0n) is 22.7. The molecule has 5 rings (SSSR count). The highest BCUT2D eigenvalue weighted by molar-refractivity contribution is 8.00. The molecule has 38 heavy (non-hydrogen) atoms. The summed E-state index contributed by atoms with van der Waals surface area (Å²) >= 11 is 2.07. The molecule has 4 aromatic rings. The van der Waals surface area contributed by atoms with Gasteiger partial charge < -0.3 is 14.0 Å². The average Bonchev–Trinajstić information content (AvgIpc) is 3.36. The average molecular weight is 526 g/mol. The Morgan fingerprint density at radius 3 is 1.97 bits per heavy atom. The monoisotopic (exact) mass is 525 g/mol. The first-order valence-electron chi connectivity index (χ1n) is 13.8. The van der Waals surface area contributed by atoms with Crippen molar-refractivity contribution in [1.29, 1.82) is 0 Å². The first-order chi connectivity index (χ1) is 18.6. The van der Waals surface area contributed by atoms with Gasteiger partial charge in [0.2, 0.25) is 0 Å². The van der Waals surface area contributed by atoms with Gasteiger partial charge in [-0.2, -0.15) is 0 Å². The standard InChI is InChI=1S/C34H39NO2S/c1-4-31-25(2)32(36-23-26-13-7-5-8-14-26)33(37-24-27-15-9-6-10-16-27)34(38-31)29-18-11-17-28(21-29)22-30-19-12-20-35(30)3/h5-21,25,31-34H,4,22-24H2,1-3H3/t25-,31-,32+,33-,34+/m1/s1. The molecule has 1 aromatic heterocycles. The minimum atomic E-state index is -0.0491. The summed E-state index contributed by atoms with van der Waals surface area (Å²) in [7, 11) is 2.12. The Hall–Kier alpha value is -2.79. The number of benzene rings is 3. The van der Waals surface area contributed by atoms with Crippen LogP contribution in [0.25, 0.3) is 0 Å². The molecule has 198 valence electrons. The molecule has 2 heterocycles. The molecule has 1 fully saturated rings. The molecule has 3 aromatic carbocycles. The summed E-state index contributed by atoms with van der Waals surface area (Å²) in [5.74, 6) is 0.386. The Balaban J connectivity index is 1.44. The Morgan fingerprint density at radius 2 is 1.37 bits per heavy atom. The highest BCUT2D eigenvalue weighted by atomic mass is 32.2. The third-order valence-electron chi connectivity index (χ3n) is 7.74. The Bertz CT molecular complexity index is 1270. The molecule has 1 saturated heterocycles. The SMILES string of the molecule is CC[C@H]1S[C@@H](c2cccc(Cc3cccn3C)c2)[C@H](OCc2ccccc2)[C@@H](OCc2ccccc2)[C@@H]1C. The topological polar surface area (TPSA) is 23.4 Å². The molecule has 0 radical (unpaired) electrons. The Kier molecular flexibility index (Phi) is 9.06. The fourth-order valence-corrected chi connectivity index (χ4v) is 7.20. The molecule has 0 aliphatic carbocycles. The molecule has 1 aliphatic heterocycles. The quantitative estimate of drug-likeness (QED) is 0.210. The third kappa shape index (κ3) is 6.43. The van der Waals surface area contributed by atoms with Crippen molar-refractivity contribution in [2.24, 2.45) is 13.0 Å². The molecule has 5 atom stereocenters. The van der Waals surface area contributed by atoms with Crippen molar-refractivity contribution in [3.8, 4) is 0 Å². The van der Waals surface area contributed by atoms with E-state index in [4.69, 9.17) is 9.47 Å². The van der Waals surface area contributed by atoms with Crippen molar-refractivity contribution in [3.05, 3.63) is 131 Å². The second-order valence-corrected chi connectivity index (χ2v) is 11.8. The molecular formula is C34H39NO2S. The molecule has 1 aliphatic rings. The maximum absolute atomic E-state index is 6.82. The number of ether oxygens (including phenoxy) is 2. The summed E-state index contributed by atoms with van der Waals surface area (Å²) in [6.07, 6.45) is 4.11. The van der Waals surface area contributed by atoms with E-state index in [0.29, 0.717) is 24.4 Å². The van der Waals surface area contributed by atoms with Gasteiger partial charge in [0, 0.05) is 30.6 Å². The zero-order chi connectivity index (χ0) is 26.3. The lowest BCUT2D eigenvalue weighted by atomic mass is 9.89. The van der Waals surface area contributed by atoms with Gasteiger partial charge in [0.15, 0.2) is 0 Å². The normalized spacial score (nSPS) is 23.4. The number of nitrogens with zero attached hydrogens (tertiary/aromatic N) is 1. The molecule has 0 unspecified atom stereocenters. The smallest absolute Gasteiger partial charge is 0.100 e. The van der Waals surface area contributed by atoms with Crippen LogP contribution in [-0.4, -0.2) is 22.0 Å². The van der Waals surface area contributed by atoms with Crippen LogP contribution in [0, 0.1) is 5.92 Å². The van der Waals surface area contributed by atoms with Gasteiger partial charge in [0.1, 0.15) is 6.10 Å². The van der Waals surface area contributed by atoms with Gasteiger partial charge in [-0.25, -0.2) is 0 Å². The van der Waals surface area contributed by atoms with Crippen molar-refractivity contribution in [3.63, 3.8) is 0 Å². The second kappa shape index (κ2) is 12.8. The van der Waals surface area contributed by atoms with Gasteiger partial charge in [0.25, 0.3) is 0 Å². The van der Waals surface area contributed by atoms with E-state index in [2.05, 4.69) is 140 Å². The summed E-state index contributed by atoms with van der Waals surface area (Å²) in [5.41, 5.74) is 6.38. The van der Waals surface area contributed by atoms with Crippen molar-refractivity contribution >= 4 is 11.8 Å². The molecule has 0 saturated carbocycles. The van der Waals surface area contributed by atoms with Crippen LogP contribution in [0.4, 0.5) is 0 Å². The van der Waals surface area contributed by atoms with Crippen molar-refractivity contribution < 1.29 is 9.47 Å². The van der Waals surface area contributed by atoms with Crippen LogP contribution in [0.1, 0.15) is 53.5 Å². The minimum Gasteiger partial charge on any atom is -0.370 e. The summed E-state index contributed by atoms with van der Waals surface area (Å²) < 4.78 is 15.8. The van der Waals surface area contributed by atoms with Crippen LogP contribution in [0.3, 0.4) is 0 Å². The highest BCUT2D eigenvalue weighted by Crippen LogP contribution is 2.49. The number of hydrogen-bond acceptors (Lipinski definition) is 3. The summed E-state index contributed by atoms with van der Waals surface area (Å²) in [5, 5.41) is 0.711. The van der Waals surface area contributed by atoms with E-state index in [1.54, 1.807) is 0 Å². The van der Waals surface area contributed by atoms with Gasteiger partial charge >= 0.3 is 0 Å². The highest BCUT2D eigenvalue weighted by Gasteiger charge is 2.45. The Labute approximate surface area is 232 Å². The van der Waals surface area contributed by atoms with Crippen LogP contribution >= 0.6 is 11.8 Å². The van der Waals surface area contributed by atoms with Crippen molar-refractivity contribution in [2.45, 2.75) is 62.6 Å². The molecule has 0 N–H and O–H groups in total. The van der Waals surface area contributed by atoms with Gasteiger partial charge in [-0.15, -0.1) is 11.8 Å². The lowest BCUT2D eigenvalue weighted by Gasteiger charge is -2.45. The van der Waals surface area contributed by atoms with E-state index < -0.39 is 0 Å². The predicted octanol–water partition coefficient (Wildman–Crippen LogP) is 7.99. The van der Waals surface area contributed by atoms with Gasteiger partial charge in [-0.1, -0.05) is 98.8 Å². The Morgan fingerprint density at radius 1 is 0.737 bits per heavy atom. The van der Waals surface area contributed by atoms with E-state index in [-0.39, 0.29) is 17.5 Å². The van der Waals surface area contributed by atoms with E-state index in [1.165, 1.54) is 27.9 Å². The van der Waals surface area contributed by atoms with Gasteiger partial charge in [-0.05, 0) is 46.7 Å². The first kappa shape index (κ1) is 26.8. The lowest BCUT2D eigenvalue weighted by molar-refractivity contribution is -0.112. The van der Waals surface area contributed by atoms with Crippen LogP contribution in [0.15, 0.2) is 103 Å². The zero-order valence-corrected chi connectivity index (χ0v) is 23.5. The summed E-state index contributed by atoms with van der Waals surface area (Å²) in [4.78, 5) is 0. The van der Waals surface area contributed by atoms with Crippen LogP contribution in [-0.2, 0) is 36.2 Å². The predicted molar refractivity (Wildman–Crippen MR) is 158 cm³/mol. The van der Waals surface area contributed by atoms with E-state index in [0.717, 1.165) is 12.8 Å². The molecule has 0 amide bonds. The van der Waals surface area contributed by atoms with Gasteiger partial charge in [-0.3, -0.25) is 0 Å². The van der Waals surface area contributed by atoms with Gasteiger partial charge in [0.05, 0.1) is 24.6 Å². The third-order valence-corrected chi connectivity index (χ3v) is 9.68. The fourth-order valence-electron chi connectivity index (χ4n) is 5.54. The maximum atomic E-state index is 6.82. The van der Waals surface area contributed by atoms with E-state index >= 15 is 0 Å². The van der Waals surface area contributed by atoms with Crippen LogP contribution < -0.4 is 0 Å². The molecule has 3 nitrogen and oxygen atoms in total. The second-order valence-electron chi connectivity index (χ2n) is 10.4. The number of aromatic nitrogens is 1. The maximum Gasteiger partial charge on any atom is 0.100 e. The van der Waals surface area contributed by atoms with Crippen molar-refractivity contribution in [1.82, 2.24) is 4.57 Å². The van der Waals surface area contributed by atoms with Crippen LogP contribution in [0.2, 0.25) is 0 Å². The number of hydrogen-bond donors (Lipinski definition) is 0. The largest absolute Gasteiger partial charge is 0.370 e. The molecule has 4 heteroatoms. The van der Waals surface area contributed by atoms with E-state index in [9.17, 15) is 0 Å². The summed E-state index contributed by atoms with van der Waals surface area (Å²) in [6.45, 7) is 5.83. The fraction of sp³-hybridized carbons (Fsp3) is 0.353. The number of aryl methyl sites for hydroxylation is 1. The number of rotatable bonds is 10. The molecule has 0 spiro atoms. The summed E-state index contributed by atoms with van der Waals surface area (Å²) in [6, 6.07) is 34.5. The minimum absolute atomic E-state index is 0.00616. The lowest BCUT2D eigenvalue weighted by Crippen LogP contribution is -2.48. The van der Waals surface area contributed by atoms with Crippen molar-refractivity contribution in [2.75, 3.05) is 0 Å². The van der Waals surface area contributed by atoms with Crippen LogP contribution in [0.5, 0.6) is 0 Å². The first-order valence-corrected chi connectivity index (χ1v) is 14.7. The number of thioether (sulfide) groups is 1. The molecule has 0 bridgehead atoms.